The molecule has 6 nitrogen and oxygen atoms in total. The highest BCUT2D eigenvalue weighted by atomic mass is 32.2. The molecular formula is C21H27N3O3S. The Labute approximate surface area is 168 Å². The van der Waals surface area contributed by atoms with Crippen molar-refractivity contribution in [3.63, 3.8) is 0 Å². The van der Waals surface area contributed by atoms with Gasteiger partial charge in [-0.1, -0.05) is 23.8 Å². The van der Waals surface area contributed by atoms with E-state index in [2.05, 4.69) is 16.4 Å². The van der Waals surface area contributed by atoms with E-state index in [0.717, 1.165) is 23.8 Å². The van der Waals surface area contributed by atoms with E-state index in [-0.39, 0.29) is 5.91 Å². The minimum atomic E-state index is -0.811. The Kier molecular flexibility index (Phi) is 7.14. The SMILES string of the molecule is CSCC[C@@H](C(=O)NCCC1=CCCCC1)n1c(=O)[nH]c2ccccc2c1=O. The minimum absolute atomic E-state index is 0.270. The summed E-state index contributed by atoms with van der Waals surface area (Å²) in [6, 6.07) is 6.07. The van der Waals surface area contributed by atoms with E-state index in [1.165, 1.54) is 18.4 Å². The van der Waals surface area contributed by atoms with Gasteiger partial charge in [-0.3, -0.25) is 9.59 Å². The number of thioether (sulfide) groups is 1. The van der Waals surface area contributed by atoms with Gasteiger partial charge in [-0.25, -0.2) is 9.36 Å². The number of rotatable bonds is 8. The first kappa shape index (κ1) is 20.5. The van der Waals surface area contributed by atoms with Gasteiger partial charge in [-0.2, -0.15) is 11.8 Å². The number of amides is 1. The monoisotopic (exact) mass is 401 g/mol. The largest absolute Gasteiger partial charge is 0.354 e. The third-order valence-corrected chi connectivity index (χ3v) is 5.82. The highest BCUT2D eigenvalue weighted by molar-refractivity contribution is 7.98. The molecule has 150 valence electrons. The fourth-order valence-electron chi connectivity index (χ4n) is 3.66. The van der Waals surface area contributed by atoms with Crippen LogP contribution in [0.1, 0.15) is 44.6 Å². The van der Waals surface area contributed by atoms with Crippen molar-refractivity contribution in [3.8, 4) is 0 Å². The molecule has 1 atom stereocenters. The van der Waals surface area contributed by atoms with Crippen molar-refractivity contribution in [2.45, 2.75) is 44.6 Å². The van der Waals surface area contributed by atoms with Gasteiger partial charge < -0.3 is 10.3 Å². The summed E-state index contributed by atoms with van der Waals surface area (Å²) in [6.45, 7) is 0.528. The van der Waals surface area contributed by atoms with Crippen LogP contribution >= 0.6 is 11.8 Å². The molecule has 1 amide bonds. The Morgan fingerprint density at radius 1 is 1.29 bits per heavy atom. The normalized spacial score (nSPS) is 15.2. The van der Waals surface area contributed by atoms with E-state index in [0.29, 0.717) is 29.6 Å². The Morgan fingerprint density at radius 3 is 2.86 bits per heavy atom. The Hall–Kier alpha value is -2.28. The molecule has 0 bridgehead atoms. The molecule has 0 saturated heterocycles. The third kappa shape index (κ3) is 4.76. The molecular weight excluding hydrogens is 374 g/mol. The van der Waals surface area contributed by atoms with Crippen molar-refractivity contribution < 1.29 is 4.79 Å². The van der Waals surface area contributed by atoms with Gasteiger partial charge in [0.25, 0.3) is 5.56 Å². The fraction of sp³-hybridized carbons (Fsp3) is 0.476. The summed E-state index contributed by atoms with van der Waals surface area (Å²) in [6.07, 6.45) is 10.1. The molecule has 1 aliphatic rings. The first-order valence-corrected chi connectivity index (χ1v) is 11.2. The van der Waals surface area contributed by atoms with E-state index in [4.69, 9.17) is 0 Å². The predicted octanol–water partition coefficient (Wildman–Crippen LogP) is 2.99. The van der Waals surface area contributed by atoms with Crippen molar-refractivity contribution in [2.75, 3.05) is 18.6 Å². The van der Waals surface area contributed by atoms with Crippen molar-refractivity contribution in [2.24, 2.45) is 0 Å². The van der Waals surface area contributed by atoms with Crippen molar-refractivity contribution >= 4 is 28.6 Å². The molecule has 2 aromatic rings. The lowest BCUT2D eigenvalue weighted by atomic mass is 9.97. The topological polar surface area (TPSA) is 84.0 Å². The number of allylic oxidation sites excluding steroid dienone is 1. The molecule has 0 saturated carbocycles. The molecule has 0 radical (unpaired) electrons. The molecule has 3 rings (SSSR count). The number of H-pyrrole nitrogens is 1. The van der Waals surface area contributed by atoms with Crippen LogP contribution in [0.2, 0.25) is 0 Å². The lowest BCUT2D eigenvalue weighted by Gasteiger charge is -2.19. The first-order valence-electron chi connectivity index (χ1n) is 9.80. The summed E-state index contributed by atoms with van der Waals surface area (Å²) in [4.78, 5) is 41.1. The maximum atomic E-state index is 12.9. The average molecular weight is 402 g/mol. The lowest BCUT2D eigenvalue weighted by Crippen LogP contribution is -2.45. The number of fused-ring (bicyclic) bond motifs is 1. The number of aromatic nitrogens is 2. The Balaban J connectivity index is 1.82. The van der Waals surface area contributed by atoms with Crippen molar-refractivity contribution in [1.82, 2.24) is 14.9 Å². The summed E-state index contributed by atoms with van der Waals surface area (Å²) in [5.41, 5.74) is 0.908. The fourth-order valence-corrected chi connectivity index (χ4v) is 4.12. The number of hydrogen-bond acceptors (Lipinski definition) is 4. The minimum Gasteiger partial charge on any atom is -0.354 e. The molecule has 0 unspecified atom stereocenters. The summed E-state index contributed by atoms with van der Waals surface area (Å²) >= 11 is 1.59. The summed E-state index contributed by atoms with van der Waals surface area (Å²) in [5, 5.41) is 3.35. The summed E-state index contributed by atoms with van der Waals surface area (Å²) < 4.78 is 1.08. The molecule has 7 heteroatoms. The zero-order chi connectivity index (χ0) is 19.9. The number of carbonyl (C=O) groups excluding carboxylic acids is 1. The molecule has 0 aliphatic heterocycles. The standard InChI is InChI=1S/C21H27N3O3S/c1-28-14-12-18(19(25)22-13-11-15-7-3-2-4-8-15)24-20(26)16-9-5-6-10-17(16)23-21(24)27/h5-7,9-10,18H,2-4,8,11-14H2,1H3,(H,22,25)(H,23,27)/t18-/m0/s1. The quantitative estimate of drug-likeness (QED) is 0.666. The van der Waals surface area contributed by atoms with Gasteiger partial charge in [0.1, 0.15) is 6.04 Å². The van der Waals surface area contributed by atoms with E-state index in [1.807, 2.05) is 6.26 Å². The van der Waals surface area contributed by atoms with Crippen LogP contribution in [0.5, 0.6) is 0 Å². The van der Waals surface area contributed by atoms with Gasteiger partial charge in [0.05, 0.1) is 10.9 Å². The van der Waals surface area contributed by atoms with E-state index < -0.39 is 17.3 Å². The van der Waals surface area contributed by atoms with Crippen molar-refractivity contribution in [3.05, 3.63) is 56.8 Å². The number of hydrogen-bond donors (Lipinski definition) is 2. The lowest BCUT2D eigenvalue weighted by molar-refractivity contribution is -0.124. The van der Waals surface area contributed by atoms with Crippen LogP contribution in [0.3, 0.4) is 0 Å². The van der Waals surface area contributed by atoms with Crippen LogP contribution < -0.4 is 16.6 Å². The maximum Gasteiger partial charge on any atom is 0.329 e. The smallest absolute Gasteiger partial charge is 0.329 e. The van der Waals surface area contributed by atoms with Gasteiger partial charge in [0, 0.05) is 6.54 Å². The van der Waals surface area contributed by atoms with Crippen LogP contribution in [0, 0.1) is 0 Å². The van der Waals surface area contributed by atoms with Crippen LogP contribution in [-0.2, 0) is 4.79 Å². The van der Waals surface area contributed by atoms with Gasteiger partial charge in [-0.05, 0) is 62.7 Å². The van der Waals surface area contributed by atoms with E-state index >= 15 is 0 Å². The zero-order valence-corrected chi connectivity index (χ0v) is 17.0. The third-order valence-electron chi connectivity index (χ3n) is 5.18. The second-order valence-corrected chi connectivity index (χ2v) is 8.08. The van der Waals surface area contributed by atoms with Gasteiger partial charge >= 0.3 is 5.69 Å². The number of para-hydroxylation sites is 1. The van der Waals surface area contributed by atoms with Crippen molar-refractivity contribution in [1.29, 1.82) is 0 Å². The van der Waals surface area contributed by atoms with Crippen LogP contribution in [0.25, 0.3) is 10.9 Å². The number of benzene rings is 1. The second kappa shape index (κ2) is 9.78. The zero-order valence-electron chi connectivity index (χ0n) is 16.2. The molecule has 1 aromatic carbocycles. The van der Waals surface area contributed by atoms with Gasteiger partial charge in [0.15, 0.2) is 0 Å². The number of carbonyl (C=O) groups is 1. The van der Waals surface area contributed by atoms with Gasteiger partial charge in [0.2, 0.25) is 5.91 Å². The Bertz CT molecular complexity index is 977. The summed E-state index contributed by atoms with van der Waals surface area (Å²) in [7, 11) is 0. The van der Waals surface area contributed by atoms with Crippen LogP contribution in [0.15, 0.2) is 45.5 Å². The highest BCUT2D eigenvalue weighted by Crippen LogP contribution is 2.19. The molecule has 28 heavy (non-hydrogen) atoms. The number of nitrogens with one attached hydrogen (secondary N) is 2. The number of aromatic amines is 1. The predicted molar refractivity (Wildman–Crippen MR) is 115 cm³/mol. The molecule has 0 spiro atoms. The van der Waals surface area contributed by atoms with E-state index in [9.17, 15) is 14.4 Å². The Morgan fingerprint density at radius 2 is 2.11 bits per heavy atom. The molecule has 1 aromatic heterocycles. The first-order chi connectivity index (χ1) is 13.6. The average Bonchev–Trinajstić information content (AvgIpc) is 2.71. The van der Waals surface area contributed by atoms with Gasteiger partial charge in [-0.15, -0.1) is 0 Å². The number of nitrogens with zero attached hydrogens (tertiary/aromatic N) is 1. The van der Waals surface area contributed by atoms with E-state index in [1.54, 1.807) is 36.0 Å². The molecule has 2 N–H and O–H groups in total. The highest BCUT2D eigenvalue weighted by Gasteiger charge is 2.24. The summed E-state index contributed by atoms with van der Waals surface area (Å²) in [5.74, 6) is 0.412. The molecule has 1 aliphatic carbocycles. The van der Waals surface area contributed by atoms with Crippen LogP contribution in [0.4, 0.5) is 0 Å². The maximum absolute atomic E-state index is 12.9. The molecule has 1 heterocycles. The molecule has 0 fully saturated rings. The second-order valence-electron chi connectivity index (χ2n) is 7.10. The van der Waals surface area contributed by atoms with Crippen LogP contribution in [-0.4, -0.2) is 34.0 Å².